The van der Waals surface area contributed by atoms with E-state index in [-0.39, 0.29) is 18.3 Å². The van der Waals surface area contributed by atoms with Gasteiger partial charge in [-0.1, -0.05) is 0 Å². The first kappa shape index (κ1) is 16.4. The van der Waals surface area contributed by atoms with Gasteiger partial charge in [0.25, 0.3) is 5.91 Å². The molecule has 1 aromatic heterocycles. The lowest BCUT2D eigenvalue weighted by Gasteiger charge is -2.47. The highest BCUT2D eigenvalue weighted by Crippen LogP contribution is 2.45. The molecule has 3 rings (SSSR count). The van der Waals surface area contributed by atoms with Crippen LogP contribution in [0.25, 0.3) is 0 Å². The SMILES string of the molecule is O=C(COc1ccnc(C(F)(F)F)c1)N1CCC2(CC1)CSC2. The Hall–Kier alpha value is -1.44. The molecule has 2 saturated heterocycles. The fraction of sp³-hybridized carbons (Fsp3) is 0.600. The molecule has 23 heavy (non-hydrogen) atoms. The van der Waals surface area contributed by atoms with Gasteiger partial charge in [0.15, 0.2) is 6.61 Å². The number of pyridine rings is 1. The Morgan fingerprint density at radius 2 is 2.04 bits per heavy atom. The molecule has 0 aliphatic carbocycles. The van der Waals surface area contributed by atoms with Gasteiger partial charge in [-0.25, -0.2) is 0 Å². The van der Waals surface area contributed by atoms with E-state index in [1.54, 1.807) is 4.90 Å². The number of piperidine rings is 1. The average molecular weight is 346 g/mol. The number of aromatic nitrogens is 1. The zero-order chi connectivity index (χ0) is 16.5. The van der Waals surface area contributed by atoms with Crippen molar-refractivity contribution in [2.24, 2.45) is 5.41 Å². The predicted octanol–water partition coefficient (Wildman–Crippen LogP) is 2.83. The fourth-order valence-electron chi connectivity index (χ4n) is 2.80. The second-order valence-electron chi connectivity index (χ2n) is 6.04. The van der Waals surface area contributed by atoms with Gasteiger partial charge in [0, 0.05) is 25.4 Å². The van der Waals surface area contributed by atoms with E-state index in [1.807, 2.05) is 11.8 Å². The summed E-state index contributed by atoms with van der Waals surface area (Å²) in [6.45, 7) is 1.16. The lowest BCUT2D eigenvalue weighted by atomic mass is 9.81. The van der Waals surface area contributed by atoms with Gasteiger partial charge in [0.05, 0.1) is 0 Å². The van der Waals surface area contributed by atoms with E-state index in [2.05, 4.69) is 4.98 Å². The molecule has 2 aliphatic heterocycles. The molecule has 0 saturated carbocycles. The number of thioether (sulfide) groups is 1. The van der Waals surface area contributed by atoms with Crippen LogP contribution in [0, 0.1) is 5.41 Å². The number of amides is 1. The Morgan fingerprint density at radius 1 is 1.35 bits per heavy atom. The van der Waals surface area contributed by atoms with Crippen LogP contribution in [-0.2, 0) is 11.0 Å². The average Bonchev–Trinajstić information content (AvgIpc) is 2.51. The lowest BCUT2D eigenvalue weighted by molar-refractivity contribution is -0.141. The summed E-state index contributed by atoms with van der Waals surface area (Å²) in [5, 5.41) is 0. The molecule has 8 heteroatoms. The summed E-state index contributed by atoms with van der Waals surface area (Å²) >= 11 is 1.94. The van der Waals surface area contributed by atoms with Crippen molar-refractivity contribution in [2.45, 2.75) is 19.0 Å². The minimum absolute atomic E-state index is 0.00421. The number of alkyl halides is 3. The van der Waals surface area contributed by atoms with Gasteiger partial charge in [-0.3, -0.25) is 9.78 Å². The monoisotopic (exact) mass is 346 g/mol. The van der Waals surface area contributed by atoms with Crippen molar-refractivity contribution in [3.8, 4) is 5.75 Å². The molecule has 2 aliphatic rings. The van der Waals surface area contributed by atoms with Gasteiger partial charge >= 0.3 is 6.18 Å². The summed E-state index contributed by atoms with van der Waals surface area (Å²) < 4.78 is 42.9. The first-order valence-electron chi connectivity index (χ1n) is 7.40. The van der Waals surface area contributed by atoms with Gasteiger partial charge in [-0.05, 0) is 35.8 Å². The molecule has 0 bridgehead atoms. The maximum Gasteiger partial charge on any atom is 0.433 e. The third kappa shape index (κ3) is 3.73. The minimum atomic E-state index is -4.52. The number of rotatable bonds is 3. The van der Waals surface area contributed by atoms with E-state index in [9.17, 15) is 18.0 Å². The Labute approximate surface area is 136 Å². The number of hydrogen-bond acceptors (Lipinski definition) is 4. The third-order valence-corrected chi connectivity index (χ3v) is 6.01. The largest absolute Gasteiger partial charge is 0.484 e. The highest BCUT2D eigenvalue weighted by Gasteiger charge is 2.41. The Bertz CT molecular complexity index is 580. The summed E-state index contributed by atoms with van der Waals surface area (Å²) in [7, 11) is 0. The van der Waals surface area contributed by atoms with Gasteiger partial charge in [-0.15, -0.1) is 0 Å². The number of nitrogens with zero attached hydrogens (tertiary/aromatic N) is 2. The second-order valence-corrected chi connectivity index (χ2v) is 7.02. The van der Waals surface area contributed by atoms with Crippen LogP contribution in [0.15, 0.2) is 18.3 Å². The summed E-state index contributed by atoms with van der Waals surface area (Å²) in [6.07, 6.45) is -1.49. The fourth-order valence-corrected chi connectivity index (χ4v) is 4.16. The van der Waals surface area contributed by atoms with E-state index < -0.39 is 11.9 Å². The molecular formula is C15H17F3N2O2S. The standard InChI is InChI=1S/C15H17F3N2O2S/c16-15(17,18)12-7-11(1-4-19-12)22-8-13(21)20-5-2-14(3-6-20)9-23-10-14/h1,4,7H,2-3,5-6,8-10H2. The molecule has 1 amide bonds. The molecule has 0 radical (unpaired) electrons. The second kappa shape index (κ2) is 6.22. The Balaban J connectivity index is 1.51. The Kier molecular flexibility index (Phi) is 4.44. The van der Waals surface area contributed by atoms with Crippen molar-refractivity contribution >= 4 is 17.7 Å². The number of halogens is 3. The first-order chi connectivity index (χ1) is 10.9. The van der Waals surface area contributed by atoms with Crippen LogP contribution in [0.5, 0.6) is 5.75 Å². The van der Waals surface area contributed by atoms with Gasteiger partial charge in [-0.2, -0.15) is 24.9 Å². The van der Waals surface area contributed by atoms with Crippen LogP contribution >= 0.6 is 11.8 Å². The van der Waals surface area contributed by atoms with Crippen LogP contribution in [0.1, 0.15) is 18.5 Å². The van der Waals surface area contributed by atoms with Crippen LogP contribution in [-0.4, -0.2) is 47.0 Å². The molecule has 0 atom stereocenters. The van der Waals surface area contributed by atoms with Crippen LogP contribution < -0.4 is 4.74 Å². The highest BCUT2D eigenvalue weighted by molar-refractivity contribution is 8.00. The molecule has 0 aromatic carbocycles. The molecule has 0 N–H and O–H groups in total. The number of ether oxygens (including phenoxy) is 1. The molecule has 1 spiro atoms. The van der Waals surface area contributed by atoms with Crippen molar-refractivity contribution in [3.63, 3.8) is 0 Å². The number of hydrogen-bond donors (Lipinski definition) is 0. The van der Waals surface area contributed by atoms with Crippen LogP contribution in [0.3, 0.4) is 0 Å². The zero-order valence-electron chi connectivity index (χ0n) is 12.4. The summed E-state index contributed by atoms with van der Waals surface area (Å²) in [6, 6.07) is 2.13. The van der Waals surface area contributed by atoms with Gasteiger partial charge < -0.3 is 9.64 Å². The topological polar surface area (TPSA) is 42.4 Å². The number of carbonyl (C=O) groups is 1. The summed E-state index contributed by atoms with van der Waals surface area (Å²) in [5.41, 5.74) is -0.612. The molecule has 126 valence electrons. The molecule has 1 aromatic rings. The molecule has 0 unspecified atom stereocenters. The van der Waals surface area contributed by atoms with Gasteiger partial charge in [0.1, 0.15) is 11.4 Å². The quantitative estimate of drug-likeness (QED) is 0.844. The number of carbonyl (C=O) groups excluding carboxylic acids is 1. The van der Waals surface area contributed by atoms with Crippen molar-refractivity contribution in [2.75, 3.05) is 31.2 Å². The lowest BCUT2D eigenvalue weighted by Crippen LogP contribution is -2.49. The maximum absolute atomic E-state index is 12.6. The molecule has 2 fully saturated rings. The van der Waals surface area contributed by atoms with E-state index >= 15 is 0 Å². The van der Waals surface area contributed by atoms with Crippen LogP contribution in [0.4, 0.5) is 13.2 Å². The van der Waals surface area contributed by atoms with E-state index in [1.165, 1.54) is 17.6 Å². The molecular weight excluding hydrogens is 329 g/mol. The number of likely N-dealkylation sites (tertiary alicyclic amines) is 1. The van der Waals surface area contributed by atoms with Gasteiger partial charge in [0.2, 0.25) is 0 Å². The normalized spacial score (nSPS) is 20.2. The van der Waals surface area contributed by atoms with E-state index in [4.69, 9.17) is 4.74 Å². The third-order valence-electron chi connectivity index (χ3n) is 4.38. The minimum Gasteiger partial charge on any atom is -0.484 e. The van der Waals surface area contributed by atoms with E-state index in [0.29, 0.717) is 18.5 Å². The first-order valence-corrected chi connectivity index (χ1v) is 8.55. The Morgan fingerprint density at radius 3 is 2.61 bits per heavy atom. The van der Waals surface area contributed by atoms with Crippen molar-refractivity contribution in [1.29, 1.82) is 0 Å². The van der Waals surface area contributed by atoms with Crippen molar-refractivity contribution in [1.82, 2.24) is 9.88 Å². The van der Waals surface area contributed by atoms with Crippen molar-refractivity contribution in [3.05, 3.63) is 24.0 Å². The van der Waals surface area contributed by atoms with Crippen LogP contribution in [0.2, 0.25) is 0 Å². The molecule has 3 heterocycles. The molecule has 4 nitrogen and oxygen atoms in total. The smallest absolute Gasteiger partial charge is 0.433 e. The summed E-state index contributed by atoms with van der Waals surface area (Å²) in [5.74, 6) is 2.16. The maximum atomic E-state index is 12.6. The highest BCUT2D eigenvalue weighted by atomic mass is 32.2. The van der Waals surface area contributed by atoms with E-state index in [0.717, 1.165) is 25.1 Å². The zero-order valence-corrected chi connectivity index (χ0v) is 13.3. The predicted molar refractivity (Wildman–Crippen MR) is 80.3 cm³/mol. The van der Waals surface area contributed by atoms with Crippen molar-refractivity contribution < 1.29 is 22.7 Å². The summed E-state index contributed by atoms with van der Waals surface area (Å²) in [4.78, 5) is 17.1.